The maximum Gasteiger partial charge on any atom is 0.374 e. The van der Waals surface area contributed by atoms with Crippen molar-refractivity contribution in [2.45, 2.75) is 90.9 Å². The fraction of sp³-hybridized carbons (Fsp3) is 0.800. The van der Waals surface area contributed by atoms with Crippen molar-refractivity contribution in [3.8, 4) is 0 Å². The molecule has 0 amide bonds. The lowest BCUT2D eigenvalue weighted by Crippen LogP contribution is -2.15. The summed E-state index contributed by atoms with van der Waals surface area (Å²) in [5.74, 6) is 0.466. The van der Waals surface area contributed by atoms with Crippen LogP contribution in [-0.2, 0) is 4.74 Å². The van der Waals surface area contributed by atoms with E-state index in [1.165, 1.54) is 77.0 Å². The molecule has 4 nitrogen and oxygen atoms in total. The zero-order valence-electron chi connectivity index (χ0n) is 15.7. The van der Waals surface area contributed by atoms with E-state index in [-0.39, 0.29) is 5.97 Å². The predicted molar refractivity (Wildman–Crippen MR) is 99.1 cm³/mol. The topological polar surface area (TPSA) is 55.0 Å². The van der Waals surface area contributed by atoms with Crippen LogP contribution < -0.4 is 0 Å². The van der Waals surface area contributed by atoms with Crippen LogP contribution in [0.25, 0.3) is 0 Å². The third-order valence-corrected chi connectivity index (χ3v) is 4.57. The first kappa shape index (κ1) is 20.7. The van der Waals surface area contributed by atoms with Gasteiger partial charge in [-0.25, -0.2) is 9.78 Å². The third kappa shape index (κ3) is 9.74. The summed E-state index contributed by atoms with van der Waals surface area (Å²) in [6.45, 7) is 5.01. The summed E-state index contributed by atoms with van der Waals surface area (Å²) in [5, 5.41) is 0. The van der Waals surface area contributed by atoms with E-state index in [4.69, 9.17) is 4.74 Å². The number of H-pyrrole nitrogens is 1. The molecule has 138 valence electrons. The van der Waals surface area contributed by atoms with Crippen LogP contribution in [-0.4, -0.2) is 22.5 Å². The monoisotopic (exact) mass is 336 g/mol. The molecule has 1 heterocycles. The van der Waals surface area contributed by atoms with Crippen molar-refractivity contribution >= 4 is 5.97 Å². The summed E-state index contributed by atoms with van der Waals surface area (Å²) in [6, 6.07) is 0. The SMILES string of the molecule is CCCCCCCCC(CCCCCC)COC(=O)c1ncc[nH]1. The summed E-state index contributed by atoms with van der Waals surface area (Å²) < 4.78 is 5.47. The number of carbonyl (C=O) groups is 1. The van der Waals surface area contributed by atoms with Gasteiger partial charge in [-0.1, -0.05) is 78.1 Å². The Labute approximate surface area is 147 Å². The Bertz CT molecular complexity index is 404. The third-order valence-electron chi connectivity index (χ3n) is 4.57. The van der Waals surface area contributed by atoms with E-state index in [0.29, 0.717) is 18.3 Å². The number of carbonyl (C=O) groups excluding carboxylic acids is 1. The quantitative estimate of drug-likeness (QED) is 0.320. The van der Waals surface area contributed by atoms with Gasteiger partial charge in [-0.3, -0.25) is 0 Å². The molecule has 0 saturated carbocycles. The van der Waals surface area contributed by atoms with Gasteiger partial charge in [0.25, 0.3) is 0 Å². The minimum absolute atomic E-state index is 0.305. The molecule has 1 atom stereocenters. The Morgan fingerprint density at radius 1 is 1.00 bits per heavy atom. The Morgan fingerprint density at radius 2 is 1.58 bits per heavy atom. The molecular weight excluding hydrogens is 300 g/mol. The Morgan fingerprint density at radius 3 is 2.17 bits per heavy atom. The van der Waals surface area contributed by atoms with Gasteiger partial charge in [0.1, 0.15) is 0 Å². The molecule has 1 unspecified atom stereocenters. The molecule has 0 saturated heterocycles. The fourth-order valence-corrected chi connectivity index (χ4v) is 3.02. The smallest absolute Gasteiger partial charge is 0.374 e. The predicted octanol–water partition coefficient (Wildman–Crippen LogP) is 5.90. The number of nitrogens with one attached hydrogen (secondary N) is 1. The van der Waals surface area contributed by atoms with E-state index in [1.807, 2.05) is 0 Å². The van der Waals surface area contributed by atoms with E-state index in [2.05, 4.69) is 23.8 Å². The molecule has 0 spiro atoms. The number of nitrogens with zero attached hydrogens (tertiary/aromatic N) is 1. The molecule has 1 rings (SSSR count). The van der Waals surface area contributed by atoms with E-state index in [9.17, 15) is 4.79 Å². The van der Waals surface area contributed by atoms with Crippen molar-refractivity contribution in [3.63, 3.8) is 0 Å². The lowest BCUT2D eigenvalue weighted by Gasteiger charge is -2.16. The van der Waals surface area contributed by atoms with Crippen LogP contribution >= 0.6 is 0 Å². The summed E-state index contributed by atoms with van der Waals surface area (Å²) >= 11 is 0. The second-order valence-electron chi connectivity index (χ2n) is 6.81. The van der Waals surface area contributed by atoms with Crippen LogP contribution in [0.2, 0.25) is 0 Å². The van der Waals surface area contributed by atoms with Crippen molar-refractivity contribution in [1.29, 1.82) is 0 Å². The highest BCUT2D eigenvalue weighted by Gasteiger charge is 2.14. The van der Waals surface area contributed by atoms with Gasteiger partial charge in [-0.05, 0) is 18.8 Å². The van der Waals surface area contributed by atoms with E-state index in [0.717, 1.165) is 0 Å². The van der Waals surface area contributed by atoms with Gasteiger partial charge in [0.05, 0.1) is 6.61 Å². The van der Waals surface area contributed by atoms with Crippen LogP contribution in [0.3, 0.4) is 0 Å². The molecule has 0 aliphatic rings. The molecule has 24 heavy (non-hydrogen) atoms. The number of ether oxygens (including phenoxy) is 1. The highest BCUT2D eigenvalue weighted by Crippen LogP contribution is 2.19. The maximum atomic E-state index is 11.9. The number of unbranched alkanes of at least 4 members (excludes halogenated alkanes) is 8. The number of imidazole rings is 1. The second kappa shape index (κ2) is 14.1. The first-order chi connectivity index (χ1) is 11.8. The molecule has 0 aliphatic heterocycles. The second-order valence-corrected chi connectivity index (χ2v) is 6.81. The van der Waals surface area contributed by atoms with Crippen molar-refractivity contribution < 1.29 is 9.53 Å². The Hall–Kier alpha value is -1.32. The van der Waals surface area contributed by atoms with Gasteiger partial charge in [-0.2, -0.15) is 0 Å². The number of esters is 1. The largest absolute Gasteiger partial charge is 0.460 e. The van der Waals surface area contributed by atoms with Crippen molar-refractivity contribution in [3.05, 3.63) is 18.2 Å². The highest BCUT2D eigenvalue weighted by atomic mass is 16.5. The summed E-state index contributed by atoms with van der Waals surface area (Å²) in [7, 11) is 0. The number of hydrogen-bond acceptors (Lipinski definition) is 3. The van der Waals surface area contributed by atoms with Gasteiger partial charge in [0.2, 0.25) is 5.82 Å². The molecule has 1 aromatic rings. The summed E-state index contributed by atoms with van der Waals surface area (Å²) in [4.78, 5) is 18.7. The zero-order chi connectivity index (χ0) is 17.5. The molecule has 0 aliphatic carbocycles. The first-order valence-corrected chi connectivity index (χ1v) is 9.94. The molecule has 0 radical (unpaired) electrons. The number of aromatic amines is 1. The van der Waals surface area contributed by atoms with Crippen LogP contribution in [0.5, 0.6) is 0 Å². The Kier molecular flexibility index (Phi) is 12.1. The normalized spacial score (nSPS) is 12.2. The zero-order valence-corrected chi connectivity index (χ0v) is 15.7. The average Bonchev–Trinajstić information content (AvgIpc) is 3.13. The molecule has 0 bridgehead atoms. The summed E-state index contributed by atoms with van der Waals surface area (Å²) in [5.41, 5.74) is 0. The van der Waals surface area contributed by atoms with E-state index >= 15 is 0 Å². The van der Waals surface area contributed by atoms with Gasteiger partial charge in [-0.15, -0.1) is 0 Å². The lowest BCUT2D eigenvalue weighted by atomic mass is 9.95. The molecule has 1 aromatic heterocycles. The minimum Gasteiger partial charge on any atom is -0.460 e. The Balaban J connectivity index is 2.26. The fourth-order valence-electron chi connectivity index (χ4n) is 3.02. The highest BCUT2D eigenvalue weighted by molar-refractivity contribution is 5.85. The minimum atomic E-state index is -0.332. The van der Waals surface area contributed by atoms with Gasteiger partial charge in [0.15, 0.2) is 0 Å². The standard InChI is InChI=1S/C20H36N2O2/c1-3-5-7-9-10-12-14-18(13-11-8-6-4-2)17-24-20(23)19-21-15-16-22-19/h15-16,18H,3-14,17H2,1-2H3,(H,21,22). The summed E-state index contributed by atoms with van der Waals surface area (Å²) in [6.07, 6.45) is 18.5. The van der Waals surface area contributed by atoms with Gasteiger partial charge in [0, 0.05) is 12.4 Å². The van der Waals surface area contributed by atoms with Crippen LogP contribution in [0, 0.1) is 5.92 Å². The van der Waals surface area contributed by atoms with E-state index < -0.39 is 0 Å². The maximum absolute atomic E-state index is 11.9. The van der Waals surface area contributed by atoms with Gasteiger partial charge < -0.3 is 9.72 Å². The van der Waals surface area contributed by atoms with Crippen LogP contribution in [0.15, 0.2) is 12.4 Å². The molecule has 4 heteroatoms. The van der Waals surface area contributed by atoms with Crippen LogP contribution in [0.4, 0.5) is 0 Å². The number of hydrogen-bond donors (Lipinski definition) is 1. The first-order valence-electron chi connectivity index (χ1n) is 9.94. The lowest BCUT2D eigenvalue weighted by molar-refractivity contribution is 0.0409. The molecular formula is C20H36N2O2. The average molecular weight is 337 g/mol. The van der Waals surface area contributed by atoms with Crippen molar-refractivity contribution in [1.82, 2.24) is 9.97 Å². The number of rotatable bonds is 15. The molecule has 0 aromatic carbocycles. The van der Waals surface area contributed by atoms with Gasteiger partial charge >= 0.3 is 5.97 Å². The van der Waals surface area contributed by atoms with Crippen LogP contribution in [0.1, 0.15) is 102 Å². The van der Waals surface area contributed by atoms with Crippen molar-refractivity contribution in [2.75, 3.05) is 6.61 Å². The van der Waals surface area contributed by atoms with Crippen molar-refractivity contribution in [2.24, 2.45) is 5.92 Å². The van der Waals surface area contributed by atoms with E-state index in [1.54, 1.807) is 12.4 Å². The molecule has 1 N–H and O–H groups in total. The number of aromatic nitrogens is 2. The molecule has 0 fully saturated rings.